The maximum Gasteiger partial charge on any atom is 0.257 e. The number of anilines is 1. The number of benzene rings is 1. The quantitative estimate of drug-likeness (QED) is 0.824. The Labute approximate surface area is 143 Å². The van der Waals surface area contributed by atoms with E-state index < -0.39 is 0 Å². The van der Waals surface area contributed by atoms with Crippen molar-refractivity contribution in [2.75, 3.05) is 19.5 Å². The summed E-state index contributed by atoms with van der Waals surface area (Å²) in [6, 6.07) is 5.30. The molecule has 1 heterocycles. The van der Waals surface area contributed by atoms with E-state index in [1.165, 1.54) is 0 Å². The standard InChI is InChI=1S/C16H20BrN3O3/c1-5-10(2)20-14(6-7-18-20)19-16(21)11-8-12(22-3)15(17)13(9-11)23-4/h6-10H,5H2,1-4H3,(H,19,21). The van der Waals surface area contributed by atoms with Crippen molar-refractivity contribution in [2.45, 2.75) is 26.3 Å². The number of hydrogen-bond acceptors (Lipinski definition) is 4. The van der Waals surface area contributed by atoms with Crippen LogP contribution in [-0.2, 0) is 0 Å². The van der Waals surface area contributed by atoms with Crippen LogP contribution in [0.2, 0.25) is 0 Å². The monoisotopic (exact) mass is 381 g/mol. The fraction of sp³-hybridized carbons (Fsp3) is 0.375. The number of nitrogens with one attached hydrogen (secondary N) is 1. The number of carbonyl (C=O) groups is 1. The zero-order valence-corrected chi connectivity index (χ0v) is 15.2. The van der Waals surface area contributed by atoms with Crippen molar-refractivity contribution in [3.05, 3.63) is 34.4 Å². The van der Waals surface area contributed by atoms with E-state index in [4.69, 9.17) is 9.47 Å². The van der Waals surface area contributed by atoms with Crippen LogP contribution in [0.3, 0.4) is 0 Å². The predicted octanol–water partition coefficient (Wildman–Crippen LogP) is 3.89. The smallest absolute Gasteiger partial charge is 0.257 e. The molecular formula is C16H20BrN3O3. The average molecular weight is 382 g/mol. The number of aromatic nitrogens is 2. The third-order valence-electron chi connectivity index (χ3n) is 3.63. The van der Waals surface area contributed by atoms with Gasteiger partial charge in [0.25, 0.3) is 5.91 Å². The Kier molecular flexibility index (Phi) is 5.65. The second kappa shape index (κ2) is 7.50. The molecule has 1 aromatic carbocycles. The van der Waals surface area contributed by atoms with E-state index in [1.54, 1.807) is 43.3 Å². The van der Waals surface area contributed by atoms with Crippen LogP contribution in [0, 0.1) is 0 Å². The van der Waals surface area contributed by atoms with Gasteiger partial charge in [0.15, 0.2) is 0 Å². The molecule has 1 amide bonds. The number of halogens is 1. The normalized spacial score (nSPS) is 11.9. The van der Waals surface area contributed by atoms with Gasteiger partial charge in [0.1, 0.15) is 21.8 Å². The van der Waals surface area contributed by atoms with Crippen LogP contribution in [0.25, 0.3) is 0 Å². The van der Waals surface area contributed by atoms with Crippen LogP contribution in [0.5, 0.6) is 11.5 Å². The average Bonchev–Trinajstić information content (AvgIpc) is 3.02. The van der Waals surface area contributed by atoms with Gasteiger partial charge in [0, 0.05) is 11.6 Å². The summed E-state index contributed by atoms with van der Waals surface area (Å²) in [5, 5.41) is 7.14. The van der Waals surface area contributed by atoms with Crippen LogP contribution in [0.15, 0.2) is 28.9 Å². The molecule has 6 nitrogen and oxygen atoms in total. The van der Waals surface area contributed by atoms with Crippen molar-refractivity contribution in [3.8, 4) is 11.5 Å². The first-order valence-electron chi connectivity index (χ1n) is 7.28. The minimum Gasteiger partial charge on any atom is -0.495 e. The maximum absolute atomic E-state index is 12.5. The van der Waals surface area contributed by atoms with Crippen LogP contribution in [0.1, 0.15) is 36.7 Å². The van der Waals surface area contributed by atoms with Gasteiger partial charge >= 0.3 is 0 Å². The summed E-state index contributed by atoms with van der Waals surface area (Å²) in [7, 11) is 3.08. The summed E-state index contributed by atoms with van der Waals surface area (Å²) in [5.41, 5.74) is 0.443. The summed E-state index contributed by atoms with van der Waals surface area (Å²) < 4.78 is 13.0. The number of nitrogens with zero attached hydrogens (tertiary/aromatic N) is 2. The number of ether oxygens (including phenoxy) is 2. The zero-order valence-electron chi connectivity index (χ0n) is 13.6. The van der Waals surface area contributed by atoms with Gasteiger partial charge in [0.05, 0.1) is 26.5 Å². The van der Waals surface area contributed by atoms with E-state index in [2.05, 4.69) is 33.3 Å². The molecule has 124 valence electrons. The minimum absolute atomic E-state index is 0.203. The highest BCUT2D eigenvalue weighted by molar-refractivity contribution is 9.10. The zero-order chi connectivity index (χ0) is 17.0. The third kappa shape index (κ3) is 3.67. The highest BCUT2D eigenvalue weighted by atomic mass is 79.9. The van der Waals surface area contributed by atoms with Gasteiger partial charge < -0.3 is 14.8 Å². The molecule has 1 N–H and O–H groups in total. The molecule has 0 spiro atoms. The summed E-state index contributed by atoms with van der Waals surface area (Å²) in [6.45, 7) is 4.12. The molecular weight excluding hydrogens is 362 g/mol. The molecule has 0 bridgehead atoms. The van der Waals surface area contributed by atoms with Crippen LogP contribution in [0.4, 0.5) is 5.82 Å². The first kappa shape index (κ1) is 17.3. The summed E-state index contributed by atoms with van der Waals surface area (Å²) >= 11 is 3.39. The Morgan fingerprint density at radius 1 is 1.35 bits per heavy atom. The van der Waals surface area contributed by atoms with Crippen molar-refractivity contribution in [1.82, 2.24) is 9.78 Å². The minimum atomic E-state index is -0.251. The van der Waals surface area contributed by atoms with E-state index >= 15 is 0 Å². The van der Waals surface area contributed by atoms with Crippen molar-refractivity contribution in [1.29, 1.82) is 0 Å². The number of hydrogen-bond donors (Lipinski definition) is 1. The lowest BCUT2D eigenvalue weighted by Gasteiger charge is -2.15. The Balaban J connectivity index is 2.30. The number of carbonyl (C=O) groups excluding carboxylic acids is 1. The molecule has 23 heavy (non-hydrogen) atoms. The van der Waals surface area contributed by atoms with Gasteiger partial charge in [-0.2, -0.15) is 5.10 Å². The van der Waals surface area contributed by atoms with Crippen LogP contribution in [-0.4, -0.2) is 29.9 Å². The fourth-order valence-electron chi connectivity index (χ4n) is 2.13. The number of methoxy groups -OCH3 is 2. The number of rotatable bonds is 6. The first-order chi connectivity index (χ1) is 11.0. The SMILES string of the molecule is CCC(C)n1nccc1NC(=O)c1cc(OC)c(Br)c(OC)c1. The summed E-state index contributed by atoms with van der Waals surface area (Å²) in [6.07, 6.45) is 2.59. The predicted molar refractivity (Wildman–Crippen MR) is 92.4 cm³/mol. The largest absolute Gasteiger partial charge is 0.495 e. The van der Waals surface area contributed by atoms with E-state index in [9.17, 15) is 4.79 Å². The molecule has 0 aliphatic carbocycles. The molecule has 2 aromatic rings. The fourth-order valence-corrected chi connectivity index (χ4v) is 2.68. The van der Waals surface area contributed by atoms with Gasteiger partial charge in [-0.05, 0) is 41.4 Å². The topological polar surface area (TPSA) is 65.4 Å². The maximum atomic E-state index is 12.5. The molecule has 1 unspecified atom stereocenters. The lowest BCUT2D eigenvalue weighted by atomic mass is 10.2. The molecule has 7 heteroatoms. The van der Waals surface area contributed by atoms with E-state index in [0.29, 0.717) is 27.4 Å². The second-order valence-electron chi connectivity index (χ2n) is 5.07. The van der Waals surface area contributed by atoms with Crippen molar-refractivity contribution in [2.24, 2.45) is 0 Å². The van der Waals surface area contributed by atoms with E-state index in [-0.39, 0.29) is 11.9 Å². The Morgan fingerprint density at radius 3 is 2.48 bits per heavy atom. The van der Waals surface area contributed by atoms with Crippen molar-refractivity contribution >= 4 is 27.7 Å². The number of amides is 1. The molecule has 2 rings (SSSR count). The van der Waals surface area contributed by atoms with Gasteiger partial charge in [-0.15, -0.1) is 0 Å². The van der Waals surface area contributed by atoms with Crippen molar-refractivity contribution < 1.29 is 14.3 Å². The van der Waals surface area contributed by atoms with Gasteiger partial charge in [0.2, 0.25) is 0 Å². The molecule has 1 atom stereocenters. The molecule has 0 aliphatic rings. The third-order valence-corrected chi connectivity index (χ3v) is 4.41. The molecule has 0 fully saturated rings. The molecule has 0 saturated heterocycles. The highest BCUT2D eigenvalue weighted by Gasteiger charge is 2.17. The summed E-state index contributed by atoms with van der Waals surface area (Å²) in [4.78, 5) is 12.5. The van der Waals surface area contributed by atoms with Gasteiger partial charge in [-0.3, -0.25) is 4.79 Å². The Bertz CT molecular complexity index is 675. The Morgan fingerprint density at radius 2 is 1.96 bits per heavy atom. The van der Waals surface area contributed by atoms with Crippen LogP contribution >= 0.6 is 15.9 Å². The molecule has 0 aliphatic heterocycles. The summed E-state index contributed by atoms with van der Waals surface area (Å²) in [5.74, 6) is 1.47. The van der Waals surface area contributed by atoms with Crippen LogP contribution < -0.4 is 14.8 Å². The lowest BCUT2D eigenvalue weighted by Crippen LogP contribution is -2.17. The second-order valence-corrected chi connectivity index (χ2v) is 5.86. The molecule has 0 radical (unpaired) electrons. The lowest BCUT2D eigenvalue weighted by molar-refractivity contribution is 0.102. The van der Waals surface area contributed by atoms with Gasteiger partial charge in [-0.25, -0.2) is 4.68 Å². The first-order valence-corrected chi connectivity index (χ1v) is 8.07. The van der Waals surface area contributed by atoms with E-state index in [0.717, 1.165) is 6.42 Å². The van der Waals surface area contributed by atoms with E-state index in [1.807, 2.05) is 6.92 Å². The highest BCUT2D eigenvalue weighted by Crippen LogP contribution is 2.35. The van der Waals surface area contributed by atoms with Gasteiger partial charge in [-0.1, -0.05) is 6.92 Å². The molecule has 0 saturated carbocycles. The molecule has 1 aromatic heterocycles. The van der Waals surface area contributed by atoms with Crippen molar-refractivity contribution in [3.63, 3.8) is 0 Å². The Hall–Kier alpha value is -2.02.